The highest BCUT2D eigenvalue weighted by atomic mass is 28.2. The number of carboxylic acids is 2. The van der Waals surface area contributed by atoms with E-state index in [1.807, 2.05) is 32.0 Å². The van der Waals surface area contributed by atoms with Gasteiger partial charge in [0.1, 0.15) is 0 Å². The van der Waals surface area contributed by atoms with Gasteiger partial charge in [-0.1, -0.05) is 31.0 Å². The zero-order chi connectivity index (χ0) is 18.7. The SMILES string of the molecule is CCOc1cccc([Si]CCCCC(CC(=O)O)C(=O)O)c1OCC. The lowest BCUT2D eigenvalue weighted by Crippen LogP contribution is -2.19. The third-order valence-electron chi connectivity index (χ3n) is 3.63. The molecule has 7 heteroatoms. The van der Waals surface area contributed by atoms with Crippen molar-refractivity contribution in [2.75, 3.05) is 13.2 Å². The van der Waals surface area contributed by atoms with E-state index in [0.29, 0.717) is 35.6 Å². The standard InChI is InChI=1S/C18H26O6Si/c1-3-23-14-9-7-10-15(17(14)24-4-2)25-11-6-5-8-13(18(21)22)12-16(19)20/h7,9-10,13H,3-6,8,11-12H2,1-2H3,(H,19,20)(H,21,22). The van der Waals surface area contributed by atoms with Crippen LogP contribution in [0.2, 0.25) is 6.04 Å². The van der Waals surface area contributed by atoms with Crippen LogP contribution in [0.1, 0.15) is 39.5 Å². The molecule has 0 aromatic heterocycles. The Labute approximate surface area is 151 Å². The molecule has 25 heavy (non-hydrogen) atoms. The maximum Gasteiger partial charge on any atom is 0.307 e. The first kappa shape index (κ1) is 21.0. The summed E-state index contributed by atoms with van der Waals surface area (Å²) in [5.74, 6) is -1.36. The molecule has 2 N–H and O–H groups in total. The van der Waals surface area contributed by atoms with Crippen LogP contribution in [0.25, 0.3) is 0 Å². The minimum absolute atomic E-state index is 0.317. The van der Waals surface area contributed by atoms with E-state index in [0.717, 1.165) is 29.2 Å². The van der Waals surface area contributed by atoms with Crippen molar-refractivity contribution in [2.24, 2.45) is 5.92 Å². The normalized spacial score (nSPS) is 11.8. The molecule has 0 amide bonds. The molecule has 1 unspecified atom stereocenters. The van der Waals surface area contributed by atoms with E-state index < -0.39 is 17.9 Å². The van der Waals surface area contributed by atoms with Crippen LogP contribution in [-0.4, -0.2) is 44.9 Å². The summed E-state index contributed by atoms with van der Waals surface area (Å²) in [6.07, 6.45) is 1.63. The Hall–Kier alpha value is -2.02. The molecule has 1 aromatic rings. The second kappa shape index (κ2) is 11.5. The van der Waals surface area contributed by atoms with Gasteiger partial charge in [-0.15, -0.1) is 0 Å². The fraction of sp³-hybridized carbons (Fsp3) is 0.556. The number of carbonyl (C=O) groups is 2. The van der Waals surface area contributed by atoms with Crippen LogP contribution in [0.15, 0.2) is 18.2 Å². The van der Waals surface area contributed by atoms with Gasteiger partial charge in [0.15, 0.2) is 11.5 Å². The number of hydrogen-bond acceptors (Lipinski definition) is 4. The highest BCUT2D eigenvalue weighted by molar-refractivity contribution is 6.54. The van der Waals surface area contributed by atoms with Crippen molar-refractivity contribution in [2.45, 2.75) is 45.6 Å². The van der Waals surface area contributed by atoms with Crippen LogP contribution >= 0.6 is 0 Å². The van der Waals surface area contributed by atoms with Crippen LogP contribution in [0, 0.1) is 5.92 Å². The molecular formula is C18H26O6Si. The summed E-state index contributed by atoms with van der Waals surface area (Å²) < 4.78 is 11.3. The lowest BCUT2D eigenvalue weighted by molar-refractivity contribution is -0.148. The van der Waals surface area contributed by atoms with Crippen molar-refractivity contribution in [1.82, 2.24) is 0 Å². The molecule has 0 saturated heterocycles. The molecule has 0 aliphatic rings. The smallest absolute Gasteiger partial charge is 0.307 e. The maximum atomic E-state index is 11.0. The first-order valence-electron chi connectivity index (χ1n) is 8.56. The van der Waals surface area contributed by atoms with E-state index in [2.05, 4.69) is 0 Å². The molecule has 1 rings (SSSR count). The summed E-state index contributed by atoms with van der Waals surface area (Å²) in [5, 5.41) is 18.9. The Morgan fingerprint density at radius 1 is 1.12 bits per heavy atom. The summed E-state index contributed by atoms with van der Waals surface area (Å²) in [7, 11) is 0.539. The van der Waals surface area contributed by atoms with Crippen molar-refractivity contribution in [3.8, 4) is 11.5 Å². The number of rotatable bonds is 13. The van der Waals surface area contributed by atoms with Crippen LogP contribution in [0.3, 0.4) is 0 Å². The van der Waals surface area contributed by atoms with Gasteiger partial charge in [0.2, 0.25) is 0 Å². The second-order valence-electron chi connectivity index (χ2n) is 5.55. The molecule has 0 spiro atoms. The topological polar surface area (TPSA) is 93.1 Å². The molecule has 0 bridgehead atoms. The van der Waals surface area contributed by atoms with E-state index in [1.165, 1.54) is 0 Å². The van der Waals surface area contributed by atoms with Crippen molar-refractivity contribution in [1.29, 1.82) is 0 Å². The lowest BCUT2D eigenvalue weighted by atomic mass is 9.99. The van der Waals surface area contributed by atoms with E-state index in [4.69, 9.17) is 19.7 Å². The predicted molar refractivity (Wildman–Crippen MR) is 96.2 cm³/mol. The molecule has 0 aliphatic heterocycles. The Morgan fingerprint density at radius 2 is 1.84 bits per heavy atom. The van der Waals surface area contributed by atoms with Crippen LogP contribution < -0.4 is 14.7 Å². The van der Waals surface area contributed by atoms with Gasteiger partial charge in [-0.3, -0.25) is 9.59 Å². The van der Waals surface area contributed by atoms with Crippen LogP contribution in [0.5, 0.6) is 11.5 Å². The minimum atomic E-state index is -1.07. The average Bonchev–Trinajstić information content (AvgIpc) is 2.55. The van der Waals surface area contributed by atoms with Gasteiger partial charge in [0.05, 0.1) is 35.1 Å². The van der Waals surface area contributed by atoms with E-state index >= 15 is 0 Å². The van der Waals surface area contributed by atoms with Crippen molar-refractivity contribution in [3.63, 3.8) is 0 Å². The maximum absolute atomic E-state index is 11.0. The molecule has 1 atom stereocenters. The van der Waals surface area contributed by atoms with Gasteiger partial charge in [0, 0.05) is 0 Å². The van der Waals surface area contributed by atoms with Gasteiger partial charge >= 0.3 is 11.9 Å². The van der Waals surface area contributed by atoms with Gasteiger partial charge in [-0.25, -0.2) is 0 Å². The Kier molecular flexibility index (Phi) is 9.68. The minimum Gasteiger partial charge on any atom is -0.490 e. The lowest BCUT2D eigenvalue weighted by Gasteiger charge is -2.15. The zero-order valence-electron chi connectivity index (χ0n) is 14.8. The summed E-state index contributed by atoms with van der Waals surface area (Å²) in [5.41, 5.74) is 0. The van der Waals surface area contributed by atoms with Gasteiger partial charge in [-0.2, -0.15) is 0 Å². The van der Waals surface area contributed by atoms with Gasteiger partial charge in [0.25, 0.3) is 0 Å². The van der Waals surface area contributed by atoms with Crippen LogP contribution in [0.4, 0.5) is 0 Å². The summed E-state index contributed by atoms with van der Waals surface area (Å²) in [6, 6.07) is 6.78. The van der Waals surface area contributed by atoms with Crippen molar-refractivity contribution < 1.29 is 29.3 Å². The average molecular weight is 366 g/mol. The number of aliphatic carboxylic acids is 2. The summed E-state index contributed by atoms with van der Waals surface area (Å²) >= 11 is 0. The zero-order valence-corrected chi connectivity index (χ0v) is 15.8. The van der Waals surface area contributed by atoms with E-state index in [9.17, 15) is 9.59 Å². The first-order chi connectivity index (χ1) is 12.0. The molecule has 0 aliphatic carbocycles. The highest BCUT2D eigenvalue weighted by Gasteiger charge is 2.20. The molecule has 1 aromatic carbocycles. The molecule has 0 heterocycles. The van der Waals surface area contributed by atoms with Crippen molar-refractivity contribution >= 4 is 26.6 Å². The molecule has 2 radical (unpaired) electrons. The van der Waals surface area contributed by atoms with E-state index in [1.54, 1.807) is 0 Å². The number of para-hydroxylation sites is 1. The number of hydrogen-bond donors (Lipinski definition) is 2. The Morgan fingerprint density at radius 3 is 2.44 bits per heavy atom. The molecular weight excluding hydrogens is 340 g/mol. The summed E-state index contributed by atoms with van der Waals surface area (Å²) in [4.78, 5) is 21.7. The predicted octanol–water partition coefficient (Wildman–Crippen LogP) is 2.58. The van der Waals surface area contributed by atoms with Crippen LogP contribution in [-0.2, 0) is 9.59 Å². The summed E-state index contributed by atoms with van der Waals surface area (Å²) in [6.45, 7) is 5.01. The number of unbranched alkanes of at least 4 members (excludes halogenated alkanes) is 1. The quantitative estimate of drug-likeness (QED) is 0.412. The number of benzene rings is 1. The Balaban J connectivity index is 2.51. The Bertz CT molecular complexity index is 560. The fourth-order valence-electron chi connectivity index (χ4n) is 2.48. The molecule has 0 saturated carbocycles. The largest absolute Gasteiger partial charge is 0.490 e. The van der Waals surface area contributed by atoms with Gasteiger partial charge < -0.3 is 19.7 Å². The van der Waals surface area contributed by atoms with Crippen molar-refractivity contribution in [3.05, 3.63) is 18.2 Å². The molecule has 6 nitrogen and oxygen atoms in total. The highest BCUT2D eigenvalue weighted by Crippen LogP contribution is 2.25. The third-order valence-corrected chi connectivity index (χ3v) is 5.01. The molecule has 138 valence electrons. The molecule has 0 fully saturated rings. The van der Waals surface area contributed by atoms with E-state index in [-0.39, 0.29) is 6.42 Å². The fourth-order valence-corrected chi connectivity index (χ4v) is 3.75. The first-order valence-corrected chi connectivity index (χ1v) is 9.77. The van der Waals surface area contributed by atoms with Gasteiger partial charge in [-0.05, 0) is 31.5 Å². The second-order valence-corrected chi connectivity index (χ2v) is 6.95. The number of carboxylic acid groups (broad SMARTS) is 2. The number of ether oxygens (including phenoxy) is 2. The monoisotopic (exact) mass is 366 g/mol. The third kappa shape index (κ3) is 7.60.